The fraction of sp³-hybridized carbons (Fsp3) is 0.250. The van der Waals surface area contributed by atoms with Crippen molar-refractivity contribution in [1.29, 1.82) is 0 Å². The van der Waals surface area contributed by atoms with Crippen molar-refractivity contribution in [3.63, 3.8) is 0 Å². The second-order valence-electron chi connectivity index (χ2n) is 3.99. The molecular formula is C12H13N3O4. The van der Waals surface area contributed by atoms with Gasteiger partial charge in [-0.3, -0.25) is 9.36 Å². The number of rotatable bonds is 2. The molecule has 2 rings (SSSR count). The van der Waals surface area contributed by atoms with Crippen LogP contribution in [0.1, 0.15) is 5.56 Å². The minimum absolute atomic E-state index is 0.0376. The minimum Gasteiger partial charge on any atom is -0.494 e. The first-order chi connectivity index (χ1) is 8.99. The van der Waals surface area contributed by atoms with Crippen molar-refractivity contribution < 1.29 is 14.6 Å². The second-order valence-corrected chi connectivity index (χ2v) is 3.99. The molecule has 100 valence electrons. The Morgan fingerprint density at radius 3 is 2.95 bits per heavy atom. The van der Waals surface area contributed by atoms with Gasteiger partial charge in [0.1, 0.15) is 24.0 Å². The molecule has 0 amide bonds. The highest BCUT2D eigenvalue weighted by Gasteiger charge is 2.19. The van der Waals surface area contributed by atoms with Crippen LogP contribution in [-0.4, -0.2) is 31.9 Å². The van der Waals surface area contributed by atoms with Gasteiger partial charge in [0.15, 0.2) is 5.88 Å². The molecule has 0 aliphatic carbocycles. The van der Waals surface area contributed by atoms with E-state index >= 15 is 0 Å². The molecule has 1 N–H and O–H groups in total. The van der Waals surface area contributed by atoms with Gasteiger partial charge >= 0.3 is 6.09 Å². The lowest BCUT2D eigenvalue weighted by Gasteiger charge is -2.07. The molecule has 2 aromatic heterocycles. The van der Waals surface area contributed by atoms with Crippen LogP contribution in [0.2, 0.25) is 0 Å². The number of imidazole rings is 1. The molecule has 0 unspecified atom stereocenters. The number of fused-ring (bicyclic) bond motifs is 1. The number of hydrogen-bond donors (Lipinski definition) is 1. The number of aryl methyl sites for hydroxylation is 1. The van der Waals surface area contributed by atoms with Gasteiger partial charge < -0.3 is 9.84 Å². The Kier molecular flexibility index (Phi) is 3.12. The summed E-state index contributed by atoms with van der Waals surface area (Å²) in [5.41, 5.74) is 0.251. The molecule has 0 bridgehead atoms. The zero-order chi connectivity index (χ0) is 14.2. The molecule has 0 aliphatic heterocycles. The van der Waals surface area contributed by atoms with Gasteiger partial charge in [0.2, 0.25) is 0 Å². The SMILES string of the molecule is C=CCOC(=O)n1cnc2c(C)c(O)n(C)c(=O)c21. The normalized spacial score (nSPS) is 10.6. The third-order valence-corrected chi connectivity index (χ3v) is 2.80. The van der Waals surface area contributed by atoms with Gasteiger partial charge in [-0.05, 0) is 6.92 Å². The van der Waals surface area contributed by atoms with E-state index in [9.17, 15) is 14.7 Å². The molecule has 0 aliphatic rings. The molecule has 0 atom stereocenters. The first kappa shape index (κ1) is 12.9. The van der Waals surface area contributed by atoms with Crippen LogP contribution < -0.4 is 5.56 Å². The Hall–Kier alpha value is -2.57. The predicted octanol–water partition coefficient (Wildman–Crippen LogP) is 0.920. The summed E-state index contributed by atoms with van der Waals surface area (Å²) in [6.45, 7) is 5.08. The van der Waals surface area contributed by atoms with Gasteiger partial charge in [-0.15, -0.1) is 0 Å². The van der Waals surface area contributed by atoms with Crippen molar-refractivity contribution in [2.24, 2.45) is 7.05 Å². The Morgan fingerprint density at radius 1 is 1.63 bits per heavy atom. The van der Waals surface area contributed by atoms with Crippen molar-refractivity contribution >= 4 is 17.1 Å². The predicted molar refractivity (Wildman–Crippen MR) is 68.3 cm³/mol. The summed E-state index contributed by atoms with van der Waals surface area (Å²) in [6, 6.07) is 0. The number of nitrogens with zero attached hydrogens (tertiary/aromatic N) is 3. The largest absolute Gasteiger partial charge is 0.494 e. The molecular weight excluding hydrogens is 250 g/mol. The fourth-order valence-corrected chi connectivity index (χ4v) is 1.78. The second kappa shape index (κ2) is 4.60. The summed E-state index contributed by atoms with van der Waals surface area (Å²) < 4.78 is 6.94. The lowest BCUT2D eigenvalue weighted by atomic mass is 10.2. The van der Waals surface area contributed by atoms with E-state index in [1.165, 1.54) is 19.5 Å². The number of ether oxygens (including phenoxy) is 1. The van der Waals surface area contributed by atoms with Crippen LogP contribution in [0.5, 0.6) is 5.88 Å². The van der Waals surface area contributed by atoms with Crippen LogP contribution in [0.4, 0.5) is 4.79 Å². The summed E-state index contributed by atoms with van der Waals surface area (Å²) >= 11 is 0. The van der Waals surface area contributed by atoms with Gasteiger partial charge in [-0.1, -0.05) is 12.7 Å². The Morgan fingerprint density at radius 2 is 2.32 bits per heavy atom. The molecule has 0 spiro atoms. The smallest absolute Gasteiger partial charge is 0.420 e. The maximum absolute atomic E-state index is 12.1. The minimum atomic E-state index is -0.718. The summed E-state index contributed by atoms with van der Waals surface area (Å²) in [6.07, 6.45) is 1.90. The summed E-state index contributed by atoms with van der Waals surface area (Å²) in [4.78, 5) is 27.8. The van der Waals surface area contributed by atoms with Crippen molar-refractivity contribution in [1.82, 2.24) is 14.1 Å². The van der Waals surface area contributed by atoms with Crippen molar-refractivity contribution in [2.75, 3.05) is 6.61 Å². The standard InChI is InChI=1S/C12H13N3O4/c1-4-5-19-12(18)15-6-13-8-7(2)10(16)14(3)11(17)9(8)15/h4,6,16H,1,5H2,2-3H3. The quantitative estimate of drug-likeness (QED) is 0.814. The highest BCUT2D eigenvalue weighted by atomic mass is 16.5. The lowest BCUT2D eigenvalue weighted by Crippen LogP contribution is -2.23. The van der Waals surface area contributed by atoms with E-state index in [1.807, 2.05) is 0 Å². The van der Waals surface area contributed by atoms with Gasteiger partial charge in [-0.2, -0.15) is 0 Å². The van der Waals surface area contributed by atoms with Crippen LogP contribution in [0.25, 0.3) is 11.0 Å². The summed E-state index contributed by atoms with van der Waals surface area (Å²) in [5, 5.41) is 9.76. The van der Waals surface area contributed by atoms with Gasteiger partial charge in [0, 0.05) is 12.6 Å². The number of hydrogen-bond acceptors (Lipinski definition) is 5. The lowest BCUT2D eigenvalue weighted by molar-refractivity contribution is 0.161. The average molecular weight is 263 g/mol. The van der Waals surface area contributed by atoms with E-state index in [2.05, 4.69) is 11.6 Å². The van der Waals surface area contributed by atoms with Crippen molar-refractivity contribution in [3.8, 4) is 5.88 Å². The molecule has 2 heterocycles. The molecule has 7 nitrogen and oxygen atoms in total. The monoisotopic (exact) mass is 263 g/mol. The van der Waals surface area contributed by atoms with E-state index in [-0.39, 0.29) is 23.5 Å². The Labute approximate surface area is 108 Å². The van der Waals surface area contributed by atoms with Crippen LogP contribution in [0.3, 0.4) is 0 Å². The first-order valence-corrected chi connectivity index (χ1v) is 5.52. The fourth-order valence-electron chi connectivity index (χ4n) is 1.78. The summed E-state index contributed by atoms with van der Waals surface area (Å²) in [7, 11) is 1.41. The molecule has 0 saturated heterocycles. The van der Waals surface area contributed by atoms with Crippen LogP contribution in [0.15, 0.2) is 23.8 Å². The maximum Gasteiger partial charge on any atom is 0.420 e. The van der Waals surface area contributed by atoms with Crippen molar-refractivity contribution in [3.05, 3.63) is 34.9 Å². The topological polar surface area (TPSA) is 86.3 Å². The highest BCUT2D eigenvalue weighted by Crippen LogP contribution is 2.21. The average Bonchev–Trinajstić information content (AvgIpc) is 2.85. The first-order valence-electron chi connectivity index (χ1n) is 5.52. The molecule has 7 heteroatoms. The van der Waals surface area contributed by atoms with E-state index in [1.54, 1.807) is 6.92 Å². The summed E-state index contributed by atoms with van der Waals surface area (Å²) in [5.74, 6) is -0.179. The zero-order valence-corrected chi connectivity index (χ0v) is 10.6. The number of aromatic hydroxyl groups is 1. The third-order valence-electron chi connectivity index (χ3n) is 2.80. The van der Waals surface area contributed by atoms with E-state index in [4.69, 9.17) is 4.74 Å². The van der Waals surface area contributed by atoms with Crippen LogP contribution in [-0.2, 0) is 11.8 Å². The molecule has 0 radical (unpaired) electrons. The Bertz CT molecular complexity index is 727. The van der Waals surface area contributed by atoms with E-state index in [0.29, 0.717) is 5.56 Å². The molecule has 0 aromatic carbocycles. The van der Waals surface area contributed by atoms with Crippen LogP contribution in [0, 0.1) is 6.92 Å². The van der Waals surface area contributed by atoms with Gasteiger partial charge in [-0.25, -0.2) is 14.3 Å². The van der Waals surface area contributed by atoms with E-state index < -0.39 is 11.7 Å². The molecule has 19 heavy (non-hydrogen) atoms. The number of carbonyl (C=O) groups excluding carboxylic acids is 1. The number of pyridine rings is 1. The maximum atomic E-state index is 12.1. The molecule has 0 saturated carbocycles. The molecule has 0 fully saturated rings. The van der Waals surface area contributed by atoms with Gasteiger partial charge in [0.25, 0.3) is 5.56 Å². The Balaban J connectivity index is 2.70. The number of aromatic nitrogens is 3. The van der Waals surface area contributed by atoms with E-state index in [0.717, 1.165) is 9.13 Å². The third kappa shape index (κ3) is 1.88. The molecule has 2 aromatic rings. The number of carbonyl (C=O) groups is 1. The zero-order valence-electron chi connectivity index (χ0n) is 10.6. The van der Waals surface area contributed by atoms with Gasteiger partial charge in [0.05, 0.1) is 0 Å². The van der Waals surface area contributed by atoms with Crippen LogP contribution >= 0.6 is 0 Å². The van der Waals surface area contributed by atoms with Crippen molar-refractivity contribution in [2.45, 2.75) is 6.92 Å². The highest BCUT2D eigenvalue weighted by molar-refractivity contribution is 5.88.